The Morgan fingerprint density at radius 3 is 2.45 bits per heavy atom. The van der Waals surface area contributed by atoms with E-state index >= 15 is 0 Å². The second-order valence-electron chi connectivity index (χ2n) is 6.93. The fourth-order valence-electron chi connectivity index (χ4n) is 3.30. The number of nitrogens with zero attached hydrogens (tertiary/aromatic N) is 1. The van der Waals surface area contributed by atoms with Gasteiger partial charge in [-0.15, -0.1) is 0 Å². The summed E-state index contributed by atoms with van der Waals surface area (Å²) in [6.07, 6.45) is -1.00. The fourth-order valence-corrected chi connectivity index (χ4v) is 3.30. The Balaban J connectivity index is 1.62. The molecule has 0 spiro atoms. The third kappa shape index (κ3) is 4.41. The number of imidazole rings is 1. The molecule has 0 aliphatic heterocycles. The standard InChI is InChI=1S/C24H17F3N2O2/c25-24(26,27)17-9-5-15(6-10-17)7-12-23-28-20-11-8-16(13-21(20)29-23)18-3-1-2-4-19(18)22(31)14-30/h1-13,30H,14H2,(H,28,29). The van der Waals surface area contributed by atoms with Gasteiger partial charge < -0.3 is 10.1 Å². The number of carbonyl (C=O) groups is 1. The van der Waals surface area contributed by atoms with Crippen molar-refractivity contribution < 1.29 is 23.1 Å². The van der Waals surface area contributed by atoms with Crippen molar-refractivity contribution in [2.45, 2.75) is 6.18 Å². The molecule has 3 aromatic carbocycles. The van der Waals surface area contributed by atoms with Crippen LogP contribution in [-0.2, 0) is 6.18 Å². The lowest BCUT2D eigenvalue weighted by Gasteiger charge is -2.07. The van der Waals surface area contributed by atoms with Gasteiger partial charge in [-0.1, -0.05) is 48.5 Å². The number of hydrogen-bond acceptors (Lipinski definition) is 3. The van der Waals surface area contributed by atoms with Crippen LogP contribution in [-0.4, -0.2) is 27.5 Å². The summed E-state index contributed by atoms with van der Waals surface area (Å²) in [4.78, 5) is 19.7. The van der Waals surface area contributed by atoms with Gasteiger partial charge in [0.2, 0.25) is 0 Å². The van der Waals surface area contributed by atoms with Crippen molar-refractivity contribution in [2.24, 2.45) is 0 Å². The van der Waals surface area contributed by atoms with Crippen molar-refractivity contribution in [1.29, 1.82) is 0 Å². The van der Waals surface area contributed by atoms with Gasteiger partial charge in [-0.2, -0.15) is 13.2 Å². The molecule has 1 heterocycles. The molecule has 0 aliphatic rings. The third-order valence-corrected chi connectivity index (χ3v) is 4.85. The molecule has 4 rings (SSSR count). The van der Waals surface area contributed by atoms with Gasteiger partial charge in [0, 0.05) is 5.56 Å². The van der Waals surface area contributed by atoms with E-state index < -0.39 is 18.3 Å². The number of Topliss-reactive ketones (excluding diaryl/α,β-unsaturated/α-hetero) is 1. The number of aliphatic hydroxyl groups is 1. The number of hydrogen-bond donors (Lipinski definition) is 2. The summed E-state index contributed by atoms with van der Waals surface area (Å²) in [5.74, 6) is 0.187. The lowest BCUT2D eigenvalue weighted by Crippen LogP contribution is -2.05. The Morgan fingerprint density at radius 1 is 1.00 bits per heavy atom. The van der Waals surface area contributed by atoms with E-state index in [4.69, 9.17) is 0 Å². The van der Waals surface area contributed by atoms with Crippen molar-refractivity contribution in [1.82, 2.24) is 9.97 Å². The highest BCUT2D eigenvalue weighted by Gasteiger charge is 2.29. The normalized spacial score (nSPS) is 12.0. The zero-order chi connectivity index (χ0) is 22.0. The average Bonchev–Trinajstić information content (AvgIpc) is 3.19. The van der Waals surface area contributed by atoms with E-state index in [-0.39, 0.29) is 5.78 Å². The predicted molar refractivity (Wildman–Crippen MR) is 113 cm³/mol. The van der Waals surface area contributed by atoms with E-state index in [0.717, 1.165) is 23.2 Å². The fraction of sp³-hybridized carbons (Fsp3) is 0.0833. The SMILES string of the molecule is O=C(CO)c1ccccc1-c1ccc2nc(C=Cc3ccc(C(F)(F)F)cc3)[nH]c2c1. The Kier molecular flexibility index (Phi) is 5.44. The van der Waals surface area contributed by atoms with Crippen molar-refractivity contribution >= 4 is 29.0 Å². The molecule has 1 aromatic heterocycles. The number of ketones is 1. The van der Waals surface area contributed by atoms with Crippen LogP contribution < -0.4 is 0 Å². The Morgan fingerprint density at radius 2 is 1.74 bits per heavy atom. The van der Waals surface area contributed by atoms with Gasteiger partial charge in [-0.05, 0) is 47.0 Å². The highest BCUT2D eigenvalue weighted by molar-refractivity contribution is 6.03. The summed E-state index contributed by atoms with van der Waals surface area (Å²) in [5.41, 5.74) is 3.32. The number of fused-ring (bicyclic) bond motifs is 1. The molecule has 7 heteroatoms. The van der Waals surface area contributed by atoms with Gasteiger partial charge >= 0.3 is 6.18 Å². The highest BCUT2D eigenvalue weighted by atomic mass is 19.4. The van der Waals surface area contributed by atoms with Crippen molar-refractivity contribution in [3.05, 3.63) is 89.2 Å². The van der Waals surface area contributed by atoms with Crippen LogP contribution in [0, 0.1) is 0 Å². The number of aromatic amines is 1. The minimum absolute atomic E-state index is 0.361. The molecule has 31 heavy (non-hydrogen) atoms. The maximum atomic E-state index is 12.7. The van der Waals surface area contributed by atoms with Gasteiger partial charge in [0.15, 0.2) is 5.78 Å². The number of H-pyrrole nitrogens is 1. The van der Waals surface area contributed by atoms with E-state index in [9.17, 15) is 23.1 Å². The predicted octanol–water partition coefficient (Wildman–Crippen LogP) is 5.59. The Bertz CT molecular complexity index is 1270. The molecule has 0 fully saturated rings. The molecular formula is C24H17F3N2O2. The topological polar surface area (TPSA) is 66.0 Å². The molecule has 0 aliphatic carbocycles. The zero-order valence-electron chi connectivity index (χ0n) is 16.1. The van der Waals surface area contributed by atoms with E-state index in [1.54, 1.807) is 24.3 Å². The average molecular weight is 422 g/mol. The quantitative estimate of drug-likeness (QED) is 0.412. The summed E-state index contributed by atoms with van der Waals surface area (Å²) in [5, 5.41) is 9.21. The molecule has 156 valence electrons. The molecule has 0 atom stereocenters. The maximum Gasteiger partial charge on any atom is 0.416 e. The van der Waals surface area contributed by atoms with E-state index in [1.165, 1.54) is 12.1 Å². The number of carbonyl (C=O) groups excluding carboxylic acids is 1. The van der Waals surface area contributed by atoms with Crippen LogP contribution in [0.2, 0.25) is 0 Å². The van der Waals surface area contributed by atoms with Crippen molar-refractivity contribution in [3.8, 4) is 11.1 Å². The molecule has 0 unspecified atom stereocenters. The highest BCUT2D eigenvalue weighted by Crippen LogP contribution is 2.30. The van der Waals surface area contributed by atoms with Gasteiger partial charge in [-0.25, -0.2) is 4.98 Å². The first-order chi connectivity index (χ1) is 14.8. The number of alkyl halides is 3. The van der Waals surface area contributed by atoms with Gasteiger partial charge in [0.25, 0.3) is 0 Å². The van der Waals surface area contributed by atoms with E-state index in [0.29, 0.717) is 28.0 Å². The lowest BCUT2D eigenvalue weighted by atomic mass is 9.97. The summed E-state index contributed by atoms with van der Waals surface area (Å²) >= 11 is 0. The first-order valence-electron chi connectivity index (χ1n) is 9.44. The minimum Gasteiger partial charge on any atom is -0.388 e. The Labute approximate surface area is 175 Å². The first-order valence-corrected chi connectivity index (χ1v) is 9.44. The van der Waals surface area contributed by atoms with Crippen molar-refractivity contribution in [2.75, 3.05) is 6.61 Å². The second-order valence-corrected chi connectivity index (χ2v) is 6.93. The van der Waals surface area contributed by atoms with Crippen LogP contribution in [0.15, 0.2) is 66.7 Å². The van der Waals surface area contributed by atoms with Gasteiger partial charge in [-0.3, -0.25) is 4.79 Å². The summed E-state index contributed by atoms with van der Waals surface area (Å²) in [7, 11) is 0. The summed E-state index contributed by atoms with van der Waals surface area (Å²) in [6.45, 7) is -0.567. The van der Waals surface area contributed by atoms with Gasteiger partial charge in [0.1, 0.15) is 12.4 Å². The largest absolute Gasteiger partial charge is 0.416 e. The number of nitrogens with one attached hydrogen (secondary N) is 1. The molecule has 4 aromatic rings. The number of benzene rings is 3. The third-order valence-electron chi connectivity index (χ3n) is 4.85. The smallest absolute Gasteiger partial charge is 0.388 e. The number of aromatic nitrogens is 2. The van der Waals surface area contributed by atoms with Crippen LogP contribution in [0.25, 0.3) is 34.3 Å². The second kappa shape index (κ2) is 8.20. The van der Waals surface area contributed by atoms with Crippen molar-refractivity contribution in [3.63, 3.8) is 0 Å². The van der Waals surface area contributed by atoms with Gasteiger partial charge in [0.05, 0.1) is 16.6 Å². The summed E-state index contributed by atoms with van der Waals surface area (Å²) in [6, 6.07) is 17.4. The molecular weight excluding hydrogens is 405 g/mol. The van der Waals surface area contributed by atoms with E-state index in [2.05, 4.69) is 9.97 Å². The maximum absolute atomic E-state index is 12.7. The molecule has 0 saturated carbocycles. The molecule has 4 nitrogen and oxygen atoms in total. The Hall–Kier alpha value is -3.71. The van der Waals surface area contributed by atoms with E-state index in [1.807, 2.05) is 30.3 Å². The lowest BCUT2D eigenvalue weighted by molar-refractivity contribution is -0.137. The van der Waals surface area contributed by atoms with Crippen LogP contribution in [0.5, 0.6) is 0 Å². The monoisotopic (exact) mass is 422 g/mol. The number of halogens is 3. The zero-order valence-corrected chi connectivity index (χ0v) is 16.1. The first kappa shape index (κ1) is 20.6. The summed E-state index contributed by atoms with van der Waals surface area (Å²) < 4.78 is 38.0. The molecule has 2 N–H and O–H groups in total. The molecule has 0 radical (unpaired) electrons. The van der Waals surface area contributed by atoms with Crippen LogP contribution in [0.3, 0.4) is 0 Å². The number of aliphatic hydroxyl groups excluding tert-OH is 1. The van der Waals surface area contributed by atoms with Crippen LogP contribution in [0.4, 0.5) is 13.2 Å². The van der Waals surface area contributed by atoms with Crippen LogP contribution >= 0.6 is 0 Å². The molecule has 0 saturated heterocycles. The van der Waals surface area contributed by atoms with Crippen LogP contribution in [0.1, 0.15) is 27.3 Å². The molecule has 0 amide bonds. The number of rotatable bonds is 5. The molecule has 0 bridgehead atoms. The minimum atomic E-state index is -4.36.